The lowest BCUT2D eigenvalue weighted by Crippen LogP contribution is -1.92. The minimum absolute atomic E-state index is 0.0939. The van der Waals surface area contributed by atoms with Crippen molar-refractivity contribution in [3.8, 4) is 0 Å². The molecule has 0 saturated heterocycles. The van der Waals surface area contributed by atoms with Gasteiger partial charge in [0.05, 0.1) is 13.2 Å². The van der Waals surface area contributed by atoms with Crippen molar-refractivity contribution < 1.29 is 19.0 Å². The highest BCUT2D eigenvalue weighted by Crippen LogP contribution is 2.12. The van der Waals surface area contributed by atoms with Crippen LogP contribution in [0.5, 0.6) is 0 Å². The lowest BCUT2D eigenvalue weighted by atomic mass is 10.1. The van der Waals surface area contributed by atoms with Gasteiger partial charge < -0.3 is 9.84 Å². The normalized spacial score (nSPS) is 9.18. The number of aliphatic hydroxyl groups is 1. The van der Waals surface area contributed by atoms with E-state index in [9.17, 15) is 9.18 Å². The summed E-state index contributed by atoms with van der Waals surface area (Å²) < 4.78 is 17.3. The third-order valence-electron chi connectivity index (χ3n) is 2.05. The topological polar surface area (TPSA) is 46.5 Å². The van der Waals surface area contributed by atoms with Crippen LogP contribution in [0.4, 0.5) is 4.39 Å². The Morgan fingerprint density at radius 3 is 2.47 bits per heavy atom. The average molecular weight is 242 g/mol. The van der Waals surface area contributed by atoms with Crippen molar-refractivity contribution in [2.75, 3.05) is 6.61 Å². The van der Waals surface area contributed by atoms with Crippen molar-refractivity contribution in [3.63, 3.8) is 0 Å². The second-order valence-electron chi connectivity index (χ2n) is 3.39. The van der Waals surface area contributed by atoms with Crippen molar-refractivity contribution in [2.24, 2.45) is 0 Å². The number of aliphatic hydroxyl groups excluding tert-OH is 1. The number of rotatable bonds is 5. The molecular weight excluding hydrogens is 223 g/mol. The summed E-state index contributed by atoms with van der Waals surface area (Å²) in [4.78, 5) is 9.18. The summed E-state index contributed by atoms with van der Waals surface area (Å²) in [6.45, 7) is 4.58. The molecule has 0 bridgehead atoms. The second kappa shape index (κ2) is 9.78. The first-order valence-electron chi connectivity index (χ1n) is 5.62. The summed E-state index contributed by atoms with van der Waals surface area (Å²) in [5.41, 5.74) is 1.36. The van der Waals surface area contributed by atoms with Crippen LogP contribution < -0.4 is 0 Å². The lowest BCUT2D eigenvalue weighted by molar-refractivity contribution is -0.128. The van der Waals surface area contributed by atoms with E-state index in [1.807, 2.05) is 6.92 Å². The van der Waals surface area contributed by atoms with E-state index < -0.39 is 0 Å². The van der Waals surface area contributed by atoms with E-state index in [2.05, 4.69) is 4.74 Å². The van der Waals surface area contributed by atoms with Gasteiger partial charge in [-0.05, 0) is 30.5 Å². The molecule has 0 aromatic heterocycles. The highest BCUT2D eigenvalue weighted by atomic mass is 19.1. The van der Waals surface area contributed by atoms with Crippen LogP contribution in [-0.4, -0.2) is 18.2 Å². The number of carbonyl (C=O) groups excluding carboxylic acids is 1. The lowest BCUT2D eigenvalue weighted by Gasteiger charge is -2.02. The Hall–Kier alpha value is -1.42. The first-order valence-corrected chi connectivity index (χ1v) is 5.62. The Kier molecular flexibility index (Phi) is 8.96. The first kappa shape index (κ1) is 15.6. The smallest absolute Gasteiger partial charge is 0.293 e. The van der Waals surface area contributed by atoms with Gasteiger partial charge in [0.1, 0.15) is 5.82 Å². The Morgan fingerprint density at radius 1 is 1.41 bits per heavy atom. The molecule has 0 aliphatic carbocycles. The summed E-state index contributed by atoms with van der Waals surface area (Å²) >= 11 is 0. The van der Waals surface area contributed by atoms with Crippen LogP contribution in [0, 0.1) is 5.82 Å². The number of hydrogen-bond acceptors (Lipinski definition) is 3. The molecule has 0 fully saturated rings. The van der Waals surface area contributed by atoms with Crippen LogP contribution >= 0.6 is 0 Å². The average Bonchev–Trinajstić information content (AvgIpc) is 2.34. The third kappa shape index (κ3) is 6.68. The summed E-state index contributed by atoms with van der Waals surface area (Å²) in [6, 6.07) is 4.89. The van der Waals surface area contributed by atoms with Crippen LogP contribution in [0.15, 0.2) is 18.2 Å². The number of benzene rings is 1. The molecule has 0 saturated carbocycles. The number of carbonyl (C=O) groups is 1. The molecule has 0 heterocycles. The monoisotopic (exact) mass is 242 g/mol. The SMILES string of the molecule is CCCc1ccc(CO)cc1F.CCOC=O. The summed E-state index contributed by atoms with van der Waals surface area (Å²) in [5, 5.41) is 8.72. The zero-order valence-corrected chi connectivity index (χ0v) is 10.3. The Balaban J connectivity index is 0.000000437. The maximum Gasteiger partial charge on any atom is 0.293 e. The van der Waals surface area contributed by atoms with Crippen LogP contribution in [0.2, 0.25) is 0 Å². The largest absolute Gasteiger partial charge is 0.468 e. The van der Waals surface area contributed by atoms with Crippen molar-refractivity contribution >= 4 is 6.47 Å². The standard InChI is InChI=1S/C10H13FO.C3H6O2/c1-2-3-9-5-4-8(7-12)6-10(9)11;1-2-5-3-4/h4-6,12H,2-3,7H2,1H3;3H,2H2,1H3. The summed E-state index contributed by atoms with van der Waals surface area (Å²) in [7, 11) is 0. The van der Waals surface area contributed by atoms with Crippen molar-refractivity contribution in [2.45, 2.75) is 33.3 Å². The van der Waals surface area contributed by atoms with Crippen molar-refractivity contribution in [3.05, 3.63) is 35.1 Å². The molecule has 0 aliphatic heterocycles. The van der Waals surface area contributed by atoms with Gasteiger partial charge in [0.15, 0.2) is 0 Å². The Morgan fingerprint density at radius 2 is 2.12 bits per heavy atom. The maximum absolute atomic E-state index is 13.1. The minimum atomic E-state index is -0.205. The van der Waals surface area contributed by atoms with E-state index >= 15 is 0 Å². The van der Waals surface area contributed by atoms with Crippen LogP contribution in [0.25, 0.3) is 0 Å². The summed E-state index contributed by atoms with van der Waals surface area (Å²) in [6.07, 6.45) is 1.70. The van der Waals surface area contributed by atoms with Gasteiger partial charge in [0, 0.05) is 0 Å². The van der Waals surface area contributed by atoms with Gasteiger partial charge in [-0.2, -0.15) is 0 Å². The fourth-order valence-electron chi connectivity index (χ4n) is 1.23. The fourth-order valence-corrected chi connectivity index (χ4v) is 1.23. The van der Waals surface area contributed by atoms with E-state index in [4.69, 9.17) is 5.11 Å². The molecule has 17 heavy (non-hydrogen) atoms. The van der Waals surface area contributed by atoms with Gasteiger partial charge in [0.25, 0.3) is 6.47 Å². The van der Waals surface area contributed by atoms with E-state index in [0.29, 0.717) is 18.6 Å². The predicted octanol–water partition coefficient (Wildman–Crippen LogP) is 2.45. The number of hydrogen-bond donors (Lipinski definition) is 1. The molecule has 1 aromatic carbocycles. The number of halogens is 1. The van der Waals surface area contributed by atoms with E-state index in [1.54, 1.807) is 19.1 Å². The zero-order valence-electron chi connectivity index (χ0n) is 10.3. The van der Waals surface area contributed by atoms with Crippen molar-refractivity contribution in [1.82, 2.24) is 0 Å². The van der Waals surface area contributed by atoms with Gasteiger partial charge >= 0.3 is 0 Å². The van der Waals surface area contributed by atoms with E-state index in [0.717, 1.165) is 18.4 Å². The molecule has 0 aliphatic rings. The van der Waals surface area contributed by atoms with E-state index in [1.165, 1.54) is 6.07 Å². The van der Waals surface area contributed by atoms with Crippen LogP contribution in [0.1, 0.15) is 31.4 Å². The quantitative estimate of drug-likeness (QED) is 0.807. The molecule has 0 spiro atoms. The zero-order chi connectivity index (χ0) is 13.1. The fraction of sp³-hybridized carbons (Fsp3) is 0.462. The van der Waals surface area contributed by atoms with Gasteiger partial charge in [-0.25, -0.2) is 4.39 Å². The predicted molar refractivity (Wildman–Crippen MR) is 64.0 cm³/mol. The Labute approximate surface area is 101 Å². The number of aryl methyl sites for hydroxylation is 1. The van der Waals surface area contributed by atoms with Crippen molar-refractivity contribution in [1.29, 1.82) is 0 Å². The van der Waals surface area contributed by atoms with Crippen LogP contribution in [-0.2, 0) is 22.6 Å². The molecule has 0 unspecified atom stereocenters. The molecule has 0 radical (unpaired) electrons. The molecule has 4 heteroatoms. The van der Waals surface area contributed by atoms with Gasteiger partial charge in [-0.1, -0.05) is 25.5 Å². The van der Waals surface area contributed by atoms with Gasteiger partial charge in [0.2, 0.25) is 0 Å². The second-order valence-corrected chi connectivity index (χ2v) is 3.39. The highest BCUT2D eigenvalue weighted by molar-refractivity contribution is 5.36. The van der Waals surface area contributed by atoms with Crippen LogP contribution in [0.3, 0.4) is 0 Å². The first-order chi connectivity index (χ1) is 8.19. The maximum atomic E-state index is 13.1. The van der Waals surface area contributed by atoms with Gasteiger partial charge in [-0.15, -0.1) is 0 Å². The van der Waals surface area contributed by atoms with E-state index in [-0.39, 0.29) is 12.4 Å². The molecule has 1 rings (SSSR count). The molecule has 1 N–H and O–H groups in total. The molecule has 0 atom stereocenters. The summed E-state index contributed by atoms with van der Waals surface area (Å²) in [5.74, 6) is -0.205. The third-order valence-corrected chi connectivity index (χ3v) is 2.05. The highest BCUT2D eigenvalue weighted by Gasteiger charge is 2.01. The number of ether oxygens (including phenoxy) is 1. The Bertz CT molecular complexity index is 326. The van der Waals surface area contributed by atoms with Gasteiger partial charge in [-0.3, -0.25) is 4.79 Å². The minimum Gasteiger partial charge on any atom is -0.468 e. The molecule has 3 nitrogen and oxygen atoms in total. The molecule has 0 amide bonds. The molecule has 96 valence electrons. The molecule has 1 aromatic rings. The molecular formula is C13H19FO3.